The Morgan fingerprint density at radius 2 is 1.90 bits per heavy atom. The predicted molar refractivity (Wildman–Crippen MR) is 72.8 cm³/mol. The fourth-order valence-corrected chi connectivity index (χ4v) is 2.20. The van der Waals surface area contributed by atoms with E-state index < -0.39 is 17.4 Å². The summed E-state index contributed by atoms with van der Waals surface area (Å²) in [5.41, 5.74) is 1.10. The second kappa shape index (κ2) is 4.84. The largest absolute Gasteiger partial charge is 0.360 e. The van der Waals surface area contributed by atoms with Crippen LogP contribution in [0.5, 0.6) is 0 Å². The van der Waals surface area contributed by atoms with Crippen LogP contribution in [-0.2, 0) is 0 Å². The van der Waals surface area contributed by atoms with E-state index in [9.17, 15) is 13.6 Å². The van der Waals surface area contributed by atoms with Gasteiger partial charge in [-0.2, -0.15) is 5.26 Å². The molecule has 0 atom stereocenters. The van der Waals surface area contributed by atoms with Crippen molar-refractivity contribution in [2.75, 3.05) is 0 Å². The highest BCUT2D eigenvalue weighted by molar-refractivity contribution is 6.16. The van der Waals surface area contributed by atoms with E-state index in [1.165, 1.54) is 6.20 Å². The zero-order chi connectivity index (χ0) is 15.0. The van der Waals surface area contributed by atoms with Gasteiger partial charge in [-0.15, -0.1) is 0 Å². The molecule has 0 spiro atoms. The Labute approximate surface area is 118 Å². The number of nitrogens with zero attached hydrogens (tertiary/aromatic N) is 1. The van der Waals surface area contributed by atoms with Gasteiger partial charge in [0, 0.05) is 28.7 Å². The van der Waals surface area contributed by atoms with Gasteiger partial charge in [0.05, 0.1) is 17.2 Å². The molecule has 0 bridgehead atoms. The first-order chi connectivity index (χ1) is 10.1. The van der Waals surface area contributed by atoms with E-state index in [0.29, 0.717) is 22.5 Å². The normalized spacial score (nSPS) is 10.5. The van der Waals surface area contributed by atoms with Crippen molar-refractivity contribution in [1.82, 2.24) is 4.98 Å². The number of carbonyl (C=O) groups is 1. The van der Waals surface area contributed by atoms with E-state index in [0.717, 1.165) is 12.1 Å². The topological polar surface area (TPSA) is 56.6 Å². The van der Waals surface area contributed by atoms with Crippen LogP contribution in [0.4, 0.5) is 8.78 Å². The average Bonchev–Trinajstić information content (AvgIpc) is 2.89. The number of nitrogens with one attached hydrogen (secondary N) is 1. The molecule has 0 aliphatic rings. The van der Waals surface area contributed by atoms with Crippen LogP contribution in [0.1, 0.15) is 21.5 Å². The van der Waals surface area contributed by atoms with Crippen molar-refractivity contribution in [1.29, 1.82) is 5.26 Å². The molecule has 1 aromatic heterocycles. The SMILES string of the molecule is N#Cc1ccc2[nH]cc(C(=O)c3ccc(F)cc3F)c2c1. The Morgan fingerprint density at radius 3 is 2.62 bits per heavy atom. The molecule has 1 N–H and O–H groups in total. The van der Waals surface area contributed by atoms with E-state index in [2.05, 4.69) is 4.98 Å². The quantitative estimate of drug-likeness (QED) is 0.731. The van der Waals surface area contributed by atoms with Gasteiger partial charge >= 0.3 is 0 Å². The van der Waals surface area contributed by atoms with E-state index >= 15 is 0 Å². The van der Waals surface area contributed by atoms with Gasteiger partial charge in [-0.1, -0.05) is 0 Å². The molecule has 3 nitrogen and oxygen atoms in total. The van der Waals surface area contributed by atoms with Crippen molar-refractivity contribution in [2.24, 2.45) is 0 Å². The van der Waals surface area contributed by atoms with Gasteiger partial charge in [-0.05, 0) is 30.3 Å². The third kappa shape index (κ3) is 2.17. The van der Waals surface area contributed by atoms with Gasteiger partial charge in [0.25, 0.3) is 0 Å². The van der Waals surface area contributed by atoms with Crippen LogP contribution in [-0.4, -0.2) is 10.8 Å². The van der Waals surface area contributed by atoms with Crippen LogP contribution in [0.3, 0.4) is 0 Å². The molecule has 0 aliphatic carbocycles. The minimum absolute atomic E-state index is 0.209. The van der Waals surface area contributed by atoms with Crippen LogP contribution in [0.15, 0.2) is 42.6 Å². The third-order valence-electron chi connectivity index (χ3n) is 3.23. The van der Waals surface area contributed by atoms with Crippen LogP contribution in [0.2, 0.25) is 0 Å². The predicted octanol–water partition coefficient (Wildman–Crippen LogP) is 3.55. The van der Waals surface area contributed by atoms with Crippen LogP contribution < -0.4 is 0 Å². The summed E-state index contributed by atoms with van der Waals surface area (Å²) in [5.74, 6) is -2.21. The van der Waals surface area contributed by atoms with Crippen molar-refractivity contribution >= 4 is 16.7 Å². The minimum atomic E-state index is -0.911. The van der Waals surface area contributed by atoms with Gasteiger partial charge in [0.2, 0.25) is 0 Å². The highest BCUT2D eigenvalue weighted by Gasteiger charge is 2.18. The monoisotopic (exact) mass is 282 g/mol. The maximum atomic E-state index is 13.7. The molecule has 1 heterocycles. The molecule has 0 saturated carbocycles. The first kappa shape index (κ1) is 13.0. The molecule has 3 aromatic rings. The maximum absolute atomic E-state index is 13.7. The Kier molecular flexibility index (Phi) is 2.99. The summed E-state index contributed by atoms with van der Waals surface area (Å²) in [6.07, 6.45) is 1.46. The Hall–Kier alpha value is -3.00. The average molecular weight is 282 g/mol. The number of benzene rings is 2. The highest BCUT2D eigenvalue weighted by atomic mass is 19.1. The Bertz CT molecular complexity index is 906. The minimum Gasteiger partial charge on any atom is -0.360 e. The standard InChI is InChI=1S/C16H8F2N2O/c17-10-2-3-11(14(18)6-10)16(21)13-8-20-15-4-1-9(7-19)5-12(13)15/h1-6,8,20H. The number of carbonyl (C=O) groups excluding carboxylic acids is 1. The van der Waals surface area contributed by atoms with Crippen molar-refractivity contribution in [3.8, 4) is 6.07 Å². The molecule has 102 valence electrons. The molecule has 0 saturated heterocycles. The van der Waals surface area contributed by atoms with Crippen LogP contribution in [0, 0.1) is 23.0 Å². The lowest BCUT2D eigenvalue weighted by Gasteiger charge is -2.02. The summed E-state index contributed by atoms with van der Waals surface area (Å²) in [5, 5.41) is 9.44. The lowest BCUT2D eigenvalue weighted by atomic mass is 10.0. The van der Waals surface area contributed by atoms with E-state index in [4.69, 9.17) is 5.26 Å². The van der Waals surface area contributed by atoms with Gasteiger partial charge in [0.1, 0.15) is 11.6 Å². The smallest absolute Gasteiger partial charge is 0.198 e. The zero-order valence-electron chi connectivity index (χ0n) is 10.7. The lowest BCUT2D eigenvalue weighted by molar-refractivity contribution is 0.103. The molecule has 3 rings (SSSR count). The van der Waals surface area contributed by atoms with Crippen LogP contribution in [0.25, 0.3) is 10.9 Å². The molecule has 0 amide bonds. The fraction of sp³-hybridized carbons (Fsp3) is 0. The summed E-state index contributed by atoms with van der Waals surface area (Å²) in [4.78, 5) is 15.3. The van der Waals surface area contributed by atoms with Gasteiger partial charge < -0.3 is 4.98 Å². The van der Waals surface area contributed by atoms with E-state index in [1.54, 1.807) is 18.2 Å². The van der Waals surface area contributed by atoms with Gasteiger partial charge in [-0.25, -0.2) is 8.78 Å². The molecule has 0 fully saturated rings. The molecule has 21 heavy (non-hydrogen) atoms. The fourth-order valence-electron chi connectivity index (χ4n) is 2.20. The van der Waals surface area contributed by atoms with Crippen molar-refractivity contribution in [3.05, 3.63) is 70.9 Å². The van der Waals surface area contributed by atoms with E-state index in [1.807, 2.05) is 6.07 Å². The van der Waals surface area contributed by atoms with Gasteiger partial charge in [-0.3, -0.25) is 4.79 Å². The number of fused-ring (bicyclic) bond motifs is 1. The number of H-pyrrole nitrogens is 1. The molecule has 0 aliphatic heterocycles. The number of nitriles is 1. The van der Waals surface area contributed by atoms with Crippen molar-refractivity contribution in [2.45, 2.75) is 0 Å². The first-order valence-electron chi connectivity index (χ1n) is 6.11. The number of ketones is 1. The summed E-state index contributed by atoms with van der Waals surface area (Å²) in [6.45, 7) is 0. The number of aromatic nitrogens is 1. The zero-order valence-corrected chi connectivity index (χ0v) is 10.7. The molecule has 0 radical (unpaired) electrons. The Morgan fingerprint density at radius 1 is 1.10 bits per heavy atom. The summed E-state index contributed by atoms with van der Waals surface area (Å²) in [7, 11) is 0. The summed E-state index contributed by atoms with van der Waals surface area (Å²) < 4.78 is 26.6. The molecule has 0 unspecified atom stereocenters. The van der Waals surface area contributed by atoms with E-state index in [-0.39, 0.29) is 11.1 Å². The molecule has 2 aromatic carbocycles. The number of hydrogen-bond donors (Lipinski definition) is 1. The number of aromatic amines is 1. The third-order valence-corrected chi connectivity index (χ3v) is 3.23. The molecular weight excluding hydrogens is 274 g/mol. The second-order valence-corrected chi connectivity index (χ2v) is 4.53. The number of hydrogen-bond acceptors (Lipinski definition) is 2. The molecular formula is C16H8F2N2O. The van der Waals surface area contributed by atoms with Crippen molar-refractivity contribution < 1.29 is 13.6 Å². The summed E-state index contributed by atoms with van der Waals surface area (Å²) >= 11 is 0. The summed E-state index contributed by atoms with van der Waals surface area (Å²) in [6, 6.07) is 9.64. The highest BCUT2D eigenvalue weighted by Crippen LogP contribution is 2.23. The van der Waals surface area contributed by atoms with Crippen molar-refractivity contribution in [3.63, 3.8) is 0 Å². The first-order valence-corrected chi connectivity index (χ1v) is 6.11. The Balaban J connectivity index is 2.16. The number of rotatable bonds is 2. The second-order valence-electron chi connectivity index (χ2n) is 4.53. The lowest BCUT2D eigenvalue weighted by Crippen LogP contribution is -2.04. The van der Waals surface area contributed by atoms with Crippen LogP contribution >= 0.6 is 0 Å². The maximum Gasteiger partial charge on any atom is 0.198 e. The molecule has 5 heteroatoms. The van der Waals surface area contributed by atoms with Gasteiger partial charge in [0.15, 0.2) is 5.78 Å². The number of halogens is 2.